The lowest BCUT2D eigenvalue weighted by atomic mass is 9.67. The quantitative estimate of drug-likeness (QED) is 0.115. The second-order valence-corrected chi connectivity index (χ2v) is 12.9. The molecule has 0 saturated heterocycles. The van der Waals surface area contributed by atoms with Gasteiger partial charge < -0.3 is 34.8 Å². The fourth-order valence-corrected chi connectivity index (χ4v) is 4.96. The molecule has 0 saturated carbocycles. The molecule has 2 atom stereocenters. The number of halogens is 6. The molecule has 0 aliphatic carbocycles. The van der Waals surface area contributed by atoms with Crippen LogP contribution in [0.25, 0.3) is 22.1 Å². The van der Waals surface area contributed by atoms with Crippen molar-refractivity contribution in [3.05, 3.63) is 52.9 Å². The normalized spacial score (nSPS) is 14.8. The number of alkyl halides is 6. The van der Waals surface area contributed by atoms with Crippen molar-refractivity contribution >= 4 is 16.9 Å². The number of carbonyl (C=O) groups excluding carboxylic acids is 1. The zero-order valence-electron chi connectivity index (χ0n) is 26.7. The predicted octanol–water partition coefficient (Wildman–Crippen LogP) is 6.73. The Morgan fingerprint density at radius 1 is 0.872 bits per heavy atom. The zero-order valence-corrected chi connectivity index (χ0v) is 26.7. The van der Waals surface area contributed by atoms with E-state index in [0.29, 0.717) is 0 Å². The summed E-state index contributed by atoms with van der Waals surface area (Å²) in [6, 6.07) is 8.82. The van der Waals surface area contributed by atoms with Gasteiger partial charge in [0.2, 0.25) is 0 Å². The van der Waals surface area contributed by atoms with Crippen molar-refractivity contribution in [3.8, 4) is 28.4 Å². The number of hydrogen-bond donors (Lipinski definition) is 2. The Bertz CT molecular complexity index is 1620. The molecule has 9 nitrogen and oxygen atoms in total. The number of ether oxygens (including phenoxy) is 4. The number of nitrogens with two attached hydrogens (primary N) is 2. The van der Waals surface area contributed by atoms with Crippen molar-refractivity contribution in [3.63, 3.8) is 0 Å². The van der Waals surface area contributed by atoms with Gasteiger partial charge in [0, 0.05) is 40.1 Å². The predicted molar refractivity (Wildman–Crippen MR) is 161 cm³/mol. The van der Waals surface area contributed by atoms with Crippen molar-refractivity contribution in [2.45, 2.75) is 71.1 Å². The van der Waals surface area contributed by atoms with Crippen LogP contribution in [0.5, 0.6) is 17.2 Å². The van der Waals surface area contributed by atoms with Crippen LogP contribution in [0, 0.1) is 11.3 Å². The van der Waals surface area contributed by atoms with E-state index < -0.39 is 71.9 Å². The van der Waals surface area contributed by atoms with Crippen molar-refractivity contribution in [2.75, 3.05) is 20.3 Å². The molecule has 0 amide bonds. The molecule has 0 aliphatic heterocycles. The minimum Gasteiger partial charge on any atom is -0.497 e. The SMILES string of the molecule is COc1ccc(-c2cc3ccc(OCC(COC(=O)C(C)(CC(C)(C)N)C(C)(C)N)CC(F)(F)F)cc3oc2=O)c(OC(F)(F)F)c1. The summed E-state index contributed by atoms with van der Waals surface area (Å²) in [5.74, 6) is -2.74. The van der Waals surface area contributed by atoms with Gasteiger partial charge in [0.15, 0.2) is 0 Å². The molecule has 0 fully saturated rings. The molecule has 15 heteroatoms. The summed E-state index contributed by atoms with van der Waals surface area (Å²) in [5.41, 5.74) is 7.58. The molecule has 260 valence electrons. The standard InChI is InChI=1S/C32H38F6N2O7/c1-28(2,39)17-30(5,29(3,4)40)27(42)45-16-18(14-31(33,34)35)15-44-21-8-7-19-11-23(26(41)46-24(19)13-21)22-10-9-20(43-6)12-25(22)47-32(36,37)38/h7-13,18H,14-17,39-40H2,1-6H3. The third-order valence-electron chi connectivity index (χ3n) is 7.55. The lowest BCUT2D eigenvalue weighted by molar-refractivity contribution is -0.274. The summed E-state index contributed by atoms with van der Waals surface area (Å²) in [7, 11) is 1.25. The van der Waals surface area contributed by atoms with E-state index in [2.05, 4.69) is 4.74 Å². The Hall–Kier alpha value is -3.98. The van der Waals surface area contributed by atoms with Gasteiger partial charge in [0.25, 0.3) is 0 Å². The third kappa shape index (κ3) is 10.3. The van der Waals surface area contributed by atoms with Crippen LogP contribution in [0.3, 0.4) is 0 Å². The van der Waals surface area contributed by atoms with Gasteiger partial charge in [0.1, 0.15) is 22.8 Å². The van der Waals surface area contributed by atoms with Gasteiger partial charge in [-0.2, -0.15) is 13.2 Å². The van der Waals surface area contributed by atoms with E-state index >= 15 is 0 Å². The molecule has 0 spiro atoms. The van der Waals surface area contributed by atoms with Crippen LogP contribution in [0.4, 0.5) is 26.3 Å². The zero-order chi connectivity index (χ0) is 35.6. The van der Waals surface area contributed by atoms with Crippen LogP contribution in [0.15, 0.2) is 51.7 Å². The van der Waals surface area contributed by atoms with Gasteiger partial charge in [-0.15, -0.1) is 13.2 Å². The van der Waals surface area contributed by atoms with E-state index in [-0.39, 0.29) is 40.0 Å². The highest BCUT2D eigenvalue weighted by atomic mass is 19.4. The molecule has 0 aliphatic rings. The van der Waals surface area contributed by atoms with Gasteiger partial charge in [-0.3, -0.25) is 4.79 Å². The molecule has 3 rings (SSSR count). The highest BCUT2D eigenvalue weighted by Crippen LogP contribution is 2.39. The number of hydrogen-bond acceptors (Lipinski definition) is 9. The van der Waals surface area contributed by atoms with Gasteiger partial charge in [-0.1, -0.05) is 0 Å². The number of fused-ring (bicyclic) bond motifs is 1. The lowest BCUT2D eigenvalue weighted by Gasteiger charge is -2.43. The Morgan fingerprint density at radius 2 is 1.51 bits per heavy atom. The third-order valence-corrected chi connectivity index (χ3v) is 7.55. The van der Waals surface area contributed by atoms with Gasteiger partial charge in [-0.05, 0) is 71.4 Å². The van der Waals surface area contributed by atoms with Gasteiger partial charge in [-0.25, -0.2) is 4.79 Å². The Labute approximate surface area is 267 Å². The molecule has 2 unspecified atom stereocenters. The van der Waals surface area contributed by atoms with Crippen molar-refractivity contribution in [2.24, 2.45) is 22.8 Å². The molecule has 1 heterocycles. The average Bonchev–Trinajstić information content (AvgIpc) is 2.90. The number of methoxy groups -OCH3 is 1. The molecular formula is C32H38F6N2O7. The second kappa shape index (κ2) is 13.6. The first kappa shape index (κ1) is 37.5. The molecule has 47 heavy (non-hydrogen) atoms. The minimum atomic E-state index is -5.06. The first-order valence-electron chi connectivity index (χ1n) is 14.4. The minimum absolute atomic E-state index is 0.0234. The average molecular weight is 677 g/mol. The number of benzene rings is 2. The van der Waals surface area contributed by atoms with E-state index in [4.69, 9.17) is 30.1 Å². The monoisotopic (exact) mass is 676 g/mol. The van der Waals surface area contributed by atoms with E-state index in [1.54, 1.807) is 34.6 Å². The van der Waals surface area contributed by atoms with Gasteiger partial charge >= 0.3 is 24.1 Å². The fourth-order valence-electron chi connectivity index (χ4n) is 4.96. The molecule has 0 bridgehead atoms. The Morgan fingerprint density at radius 3 is 2.06 bits per heavy atom. The molecule has 1 aromatic heterocycles. The molecule has 0 radical (unpaired) electrons. The van der Waals surface area contributed by atoms with E-state index in [1.807, 2.05) is 0 Å². The maximum absolute atomic E-state index is 13.4. The number of esters is 1. The summed E-state index contributed by atoms with van der Waals surface area (Å²) < 4.78 is 105. The summed E-state index contributed by atoms with van der Waals surface area (Å²) in [6.45, 7) is 6.96. The highest BCUT2D eigenvalue weighted by Gasteiger charge is 2.49. The Kier molecular flexibility index (Phi) is 10.9. The Balaban J connectivity index is 1.84. The van der Waals surface area contributed by atoms with E-state index in [1.165, 1.54) is 43.5 Å². The summed E-state index contributed by atoms with van der Waals surface area (Å²) >= 11 is 0. The summed E-state index contributed by atoms with van der Waals surface area (Å²) in [6.07, 6.45) is -10.9. The molecule has 3 aromatic rings. The van der Waals surface area contributed by atoms with E-state index in [0.717, 1.165) is 6.07 Å². The largest absolute Gasteiger partial charge is 0.573 e. The number of rotatable bonds is 13. The second-order valence-electron chi connectivity index (χ2n) is 12.9. The maximum Gasteiger partial charge on any atom is 0.573 e. The van der Waals surface area contributed by atoms with Crippen LogP contribution in [-0.2, 0) is 9.53 Å². The van der Waals surface area contributed by atoms with Crippen LogP contribution < -0.4 is 31.3 Å². The summed E-state index contributed by atoms with van der Waals surface area (Å²) in [4.78, 5) is 26.0. The van der Waals surface area contributed by atoms with Crippen LogP contribution in [-0.4, -0.2) is 49.9 Å². The first-order chi connectivity index (χ1) is 21.4. The van der Waals surface area contributed by atoms with Gasteiger partial charge in [0.05, 0.1) is 37.7 Å². The topological polar surface area (TPSA) is 136 Å². The van der Waals surface area contributed by atoms with Crippen LogP contribution in [0.2, 0.25) is 0 Å². The van der Waals surface area contributed by atoms with Crippen molar-refractivity contribution < 1.29 is 54.5 Å². The lowest BCUT2D eigenvalue weighted by Crippen LogP contribution is -2.58. The highest BCUT2D eigenvalue weighted by molar-refractivity contribution is 5.84. The first-order valence-corrected chi connectivity index (χ1v) is 14.4. The maximum atomic E-state index is 13.4. The van der Waals surface area contributed by atoms with E-state index in [9.17, 15) is 35.9 Å². The number of carbonyl (C=O) groups is 1. The van der Waals surface area contributed by atoms with Crippen molar-refractivity contribution in [1.29, 1.82) is 0 Å². The van der Waals surface area contributed by atoms with Crippen LogP contribution >= 0.6 is 0 Å². The molecular weight excluding hydrogens is 638 g/mol. The molecule has 2 aromatic carbocycles. The molecule has 4 N–H and O–H groups in total. The smallest absolute Gasteiger partial charge is 0.497 e. The van der Waals surface area contributed by atoms with Crippen LogP contribution in [0.1, 0.15) is 47.5 Å². The fraction of sp³-hybridized carbons (Fsp3) is 0.500. The summed E-state index contributed by atoms with van der Waals surface area (Å²) in [5, 5.41) is 0.271. The van der Waals surface area contributed by atoms with Crippen molar-refractivity contribution in [1.82, 2.24) is 0 Å².